The molecule has 2 heterocycles. The summed E-state index contributed by atoms with van der Waals surface area (Å²) in [5.41, 5.74) is 3.47. The lowest BCUT2D eigenvalue weighted by Gasteiger charge is -2.24. The van der Waals surface area contributed by atoms with Crippen LogP contribution in [0.25, 0.3) is 5.76 Å². The molecule has 4 rings (SSSR count). The van der Waals surface area contributed by atoms with Gasteiger partial charge in [0, 0.05) is 17.1 Å². The molecule has 0 aliphatic carbocycles. The number of aliphatic hydroxyl groups is 1. The zero-order valence-electron chi connectivity index (χ0n) is 17.9. The molecule has 0 unspecified atom stereocenters. The number of benzene rings is 2. The third-order valence-corrected chi connectivity index (χ3v) is 6.26. The lowest BCUT2D eigenvalue weighted by molar-refractivity contribution is -0.132. The van der Waals surface area contributed by atoms with Crippen LogP contribution < -0.4 is 4.90 Å². The maximum atomic E-state index is 13.1. The SMILES string of the molecule is Cc1ccc(/C(O)=C2\C(=O)C(=O)N(c3nccs3)[C@H]2c2ccc(C(C)(C)C)cc2)cc1. The molecule has 31 heavy (non-hydrogen) atoms. The van der Waals surface area contributed by atoms with Crippen LogP contribution in [0.3, 0.4) is 0 Å². The summed E-state index contributed by atoms with van der Waals surface area (Å²) in [5.74, 6) is -1.58. The minimum Gasteiger partial charge on any atom is -0.507 e. The number of anilines is 1. The van der Waals surface area contributed by atoms with Gasteiger partial charge in [0.05, 0.1) is 11.6 Å². The molecule has 1 aliphatic rings. The fraction of sp³-hybridized carbons (Fsp3) is 0.240. The Labute approximate surface area is 185 Å². The molecule has 0 saturated carbocycles. The highest BCUT2D eigenvalue weighted by molar-refractivity contribution is 7.14. The molecule has 1 aromatic heterocycles. The van der Waals surface area contributed by atoms with Gasteiger partial charge in [-0.2, -0.15) is 0 Å². The van der Waals surface area contributed by atoms with Crippen LogP contribution in [0, 0.1) is 6.92 Å². The maximum absolute atomic E-state index is 13.1. The Kier molecular flexibility index (Phi) is 5.27. The molecule has 6 heteroatoms. The van der Waals surface area contributed by atoms with Crippen molar-refractivity contribution in [1.82, 2.24) is 4.98 Å². The highest BCUT2D eigenvalue weighted by Crippen LogP contribution is 2.43. The average Bonchev–Trinajstić information content (AvgIpc) is 3.34. The Morgan fingerprint density at radius 1 is 1.03 bits per heavy atom. The van der Waals surface area contributed by atoms with Crippen molar-refractivity contribution in [3.05, 3.63) is 87.9 Å². The Balaban J connectivity index is 1.90. The van der Waals surface area contributed by atoms with Crippen molar-refractivity contribution >= 4 is 33.9 Å². The summed E-state index contributed by atoms with van der Waals surface area (Å²) in [6, 6.07) is 14.3. The molecule has 158 valence electrons. The van der Waals surface area contributed by atoms with Crippen LogP contribution >= 0.6 is 11.3 Å². The molecule has 0 radical (unpaired) electrons. The van der Waals surface area contributed by atoms with Gasteiger partial charge in [-0.05, 0) is 23.5 Å². The fourth-order valence-electron chi connectivity index (χ4n) is 3.71. The number of thiazole rings is 1. The summed E-state index contributed by atoms with van der Waals surface area (Å²) in [5, 5.41) is 13.3. The fourth-order valence-corrected chi connectivity index (χ4v) is 4.38. The number of aliphatic hydroxyl groups excluding tert-OH is 1. The van der Waals surface area contributed by atoms with Crippen LogP contribution in [0.1, 0.15) is 49.1 Å². The van der Waals surface area contributed by atoms with E-state index in [1.54, 1.807) is 23.7 Å². The van der Waals surface area contributed by atoms with E-state index in [-0.39, 0.29) is 16.7 Å². The summed E-state index contributed by atoms with van der Waals surface area (Å²) in [4.78, 5) is 31.7. The number of hydrogen-bond donors (Lipinski definition) is 1. The minimum atomic E-state index is -0.749. The van der Waals surface area contributed by atoms with Crippen LogP contribution in [0.15, 0.2) is 65.7 Å². The van der Waals surface area contributed by atoms with Crippen LogP contribution in [-0.2, 0) is 15.0 Å². The van der Waals surface area contributed by atoms with E-state index in [9.17, 15) is 14.7 Å². The van der Waals surface area contributed by atoms with Crippen LogP contribution in [0.2, 0.25) is 0 Å². The van der Waals surface area contributed by atoms with Gasteiger partial charge in [-0.3, -0.25) is 14.5 Å². The number of ketones is 1. The van der Waals surface area contributed by atoms with Gasteiger partial charge in [0.2, 0.25) is 0 Å². The predicted molar refractivity (Wildman–Crippen MR) is 123 cm³/mol. The van der Waals surface area contributed by atoms with E-state index in [0.717, 1.165) is 16.7 Å². The lowest BCUT2D eigenvalue weighted by atomic mass is 9.85. The van der Waals surface area contributed by atoms with E-state index in [1.807, 2.05) is 43.3 Å². The van der Waals surface area contributed by atoms with Crippen molar-refractivity contribution in [3.8, 4) is 0 Å². The number of carbonyl (C=O) groups excluding carboxylic acids is 2. The zero-order chi connectivity index (χ0) is 22.3. The molecule has 1 amide bonds. The second-order valence-electron chi connectivity index (χ2n) is 8.72. The normalized spacial score (nSPS) is 18.6. The molecule has 5 nitrogen and oxygen atoms in total. The van der Waals surface area contributed by atoms with Gasteiger partial charge in [0.1, 0.15) is 5.76 Å². The maximum Gasteiger partial charge on any atom is 0.301 e. The van der Waals surface area contributed by atoms with Crippen molar-refractivity contribution in [3.63, 3.8) is 0 Å². The van der Waals surface area contributed by atoms with E-state index >= 15 is 0 Å². The molecule has 1 N–H and O–H groups in total. The Hall–Kier alpha value is -3.25. The summed E-state index contributed by atoms with van der Waals surface area (Å²) in [7, 11) is 0. The molecule has 0 bridgehead atoms. The van der Waals surface area contributed by atoms with Gasteiger partial charge in [-0.1, -0.05) is 74.9 Å². The highest BCUT2D eigenvalue weighted by Gasteiger charge is 2.48. The highest BCUT2D eigenvalue weighted by atomic mass is 32.1. The Bertz CT molecular complexity index is 1150. The van der Waals surface area contributed by atoms with E-state index in [4.69, 9.17) is 0 Å². The summed E-state index contributed by atoms with van der Waals surface area (Å²) in [6.07, 6.45) is 1.60. The monoisotopic (exact) mass is 432 g/mol. The van der Waals surface area contributed by atoms with Gasteiger partial charge < -0.3 is 5.11 Å². The first kappa shape index (κ1) is 21.0. The molecule has 1 aliphatic heterocycles. The second kappa shape index (κ2) is 7.78. The van der Waals surface area contributed by atoms with Gasteiger partial charge in [0.15, 0.2) is 5.13 Å². The van der Waals surface area contributed by atoms with Crippen molar-refractivity contribution in [1.29, 1.82) is 0 Å². The quantitative estimate of drug-likeness (QED) is 0.343. The first-order valence-corrected chi connectivity index (χ1v) is 10.9. The molecule has 1 fully saturated rings. The smallest absolute Gasteiger partial charge is 0.301 e. The number of rotatable bonds is 3. The largest absolute Gasteiger partial charge is 0.507 e. The van der Waals surface area contributed by atoms with Crippen molar-refractivity contribution < 1.29 is 14.7 Å². The number of aryl methyl sites for hydroxylation is 1. The van der Waals surface area contributed by atoms with Crippen molar-refractivity contribution in [2.75, 3.05) is 4.90 Å². The van der Waals surface area contributed by atoms with E-state index in [2.05, 4.69) is 25.8 Å². The molecular weight excluding hydrogens is 408 g/mol. The third kappa shape index (κ3) is 3.79. The molecular formula is C25H24N2O3S. The molecule has 0 spiro atoms. The lowest BCUT2D eigenvalue weighted by Crippen LogP contribution is -2.29. The predicted octanol–water partition coefficient (Wildman–Crippen LogP) is 5.38. The van der Waals surface area contributed by atoms with Crippen molar-refractivity contribution in [2.24, 2.45) is 0 Å². The van der Waals surface area contributed by atoms with E-state index in [1.165, 1.54) is 16.2 Å². The first-order valence-electron chi connectivity index (χ1n) is 10.1. The number of Topliss-reactive ketones (excluding diaryl/α,β-unsaturated/α-hetero) is 1. The Morgan fingerprint density at radius 2 is 1.68 bits per heavy atom. The molecule has 1 saturated heterocycles. The van der Waals surface area contributed by atoms with Gasteiger partial charge in [-0.15, -0.1) is 11.3 Å². The Morgan fingerprint density at radius 3 is 2.23 bits per heavy atom. The van der Waals surface area contributed by atoms with Crippen molar-refractivity contribution in [2.45, 2.75) is 39.2 Å². The van der Waals surface area contributed by atoms with Gasteiger partial charge >= 0.3 is 5.91 Å². The topological polar surface area (TPSA) is 70.5 Å². The molecule has 2 aromatic carbocycles. The number of carbonyl (C=O) groups is 2. The molecule has 1 atom stereocenters. The summed E-state index contributed by atoms with van der Waals surface area (Å²) in [6.45, 7) is 8.32. The number of nitrogens with zero attached hydrogens (tertiary/aromatic N) is 2. The average molecular weight is 433 g/mol. The van der Waals surface area contributed by atoms with Gasteiger partial charge in [0.25, 0.3) is 5.78 Å². The van der Waals surface area contributed by atoms with E-state index < -0.39 is 17.7 Å². The first-order chi connectivity index (χ1) is 14.7. The minimum absolute atomic E-state index is 0.0302. The zero-order valence-corrected chi connectivity index (χ0v) is 18.7. The number of aromatic nitrogens is 1. The van der Waals surface area contributed by atoms with Crippen LogP contribution in [0.5, 0.6) is 0 Å². The third-order valence-electron chi connectivity index (χ3n) is 5.49. The summed E-state index contributed by atoms with van der Waals surface area (Å²) >= 11 is 1.28. The number of amides is 1. The van der Waals surface area contributed by atoms with Gasteiger partial charge in [-0.25, -0.2) is 4.98 Å². The standard InChI is InChI=1S/C25H24N2O3S/c1-15-5-7-17(8-6-15)21(28)19-20(16-9-11-18(12-10-16)25(2,3)4)27(23(30)22(19)29)24-26-13-14-31-24/h5-14,20,28H,1-4H3/b21-19+/t20-/m0/s1. The van der Waals surface area contributed by atoms with Crippen LogP contribution in [-0.4, -0.2) is 21.8 Å². The second-order valence-corrected chi connectivity index (χ2v) is 9.59. The summed E-state index contributed by atoms with van der Waals surface area (Å²) < 4.78 is 0. The number of hydrogen-bond acceptors (Lipinski definition) is 5. The molecule has 3 aromatic rings. The van der Waals surface area contributed by atoms with E-state index in [0.29, 0.717) is 10.7 Å². The van der Waals surface area contributed by atoms with Crippen LogP contribution in [0.4, 0.5) is 5.13 Å².